The summed E-state index contributed by atoms with van der Waals surface area (Å²) in [6, 6.07) is 0. The summed E-state index contributed by atoms with van der Waals surface area (Å²) in [5, 5.41) is 0. The zero-order chi connectivity index (χ0) is 13.6. The normalized spacial score (nSPS) is 19.4. The molecule has 0 bridgehead atoms. The van der Waals surface area contributed by atoms with Crippen LogP contribution in [0.2, 0.25) is 18.8 Å². The first-order chi connectivity index (χ1) is 7.33. The molecule has 0 unspecified atom stereocenters. The molecule has 0 saturated carbocycles. The standard InChI is InChI=1S/C13H21.3CH3.Sn/c1-12(2,3)10-8-7-9-11(10)13(4,5)6;;;;/h7-9H,1-6H3;3*1H3;. The van der Waals surface area contributed by atoms with Crippen LogP contribution in [0.25, 0.3) is 0 Å². The van der Waals surface area contributed by atoms with E-state index in [9.17, 15) is 0 Å². The Labute approximate surface area is 112 Å². The van der Waals surface area contributed by atoms with Gasteiger partial charge in [0.1, 0.15) is 0 Å². The van der Waals surface area contributed by atoms with Crippen LogP contribution in [-0.2, 0) is 0 Å². The van der Waals surface area contributed by atoms with E-state index in [2.05, 4.69) is 68.5 Å². The van der Waals surface area contributed by atoms with Crippen molar-refractivity contribution in [2.75, 3.05) is 0 Å². The molecule has 98 valence electrons. The van der Waals surface area contributed by atoms with Crippen molar-refractivity contribution in [2.24, 2.45) is 10.8 Å². The fourth-order valence-electron chi connectivity index (χ4n) is 2.39. The van der Waals surface area contributed by atoms with Crippen molar-refractivity contribution in [3.05, 3.63) is 23.3 Å². The van der Waals surface area contributed by atoms with Gasteiger partial charge in [0.25, 0.3) is 0 Å². The van der Waals surface area contributed by atoms with Crippen LogP contribution in [0.5, 0.6) is 0 Å². The Morgan fingerprint density at radius 3 is 1.24 bits per heavy atom. The molecule has 0 radical (unpaired) electrons. The van der Waals surface area contributed by atoms with E-state index in [-0.39, 0.29) is 10.8 Å². The molecule has 0 spiro atoms. The summed E-state index contributed by atoms with van der Waals surface area (Å²) in [7, 11) is 0. The zero-order valence-corrected chi connectivity index (χ0v) is 16.1. The molecule has 0 saturated heterocycles. The Bertz CT molecular complexity index is 320. The van der Waals surface area contributed by atoms with Crippen molar-refractivity contribution in [1.29, 1.82) is 0 Å². The predicted octanol–water partition coefficient (Wildman–Crippen LogP) is 5.65. The van der Waals surface area contributed by atoms with E-state index in [1.54, 1.807) is 11.1 Å². The molecule has 0 aromatic carbocycles. The number of allylic oxidation sites excluding steroid dienone is 4. The van der Waals surface area contributed by atoms with Crippen molar-refractivity contribution in [3.8, 4) is 0 Å². The zero-order valence-electron chi connectivity index (χ0n) is 13.2. The molecule has 0 nitrogen and oxygen atoms in total. The third-order valence-electron chi connectivity index (χ3n) is 3.60. The van der Waals surface area contributed by atoms with Gasteiger partial charge >= 0.3 is 113 Å². The molecule has 1 heteroatoms. The minimum absolute atomic E-state index is 0.283. The van der Waals surface area contributed by atoms with Crippen molar-refractivity contribution in [2.45, 2.75) is 60.3 Å². The maximum atomic E-state index is 2.59. The van der Waals surface area contributed by atoms with Crippen molar-refractivity contribution < 1.29 is 0 Å². The summed E-state index contributed by atoms with van der Waals surface area (Å²) in [6.07, 6.45) is 5.19. The molecular weight excluding hydrogens is 311 g/mol. The second-order valence-electron chi connectivity index (χ2n) is 8.55. The molecule has 0 amide bonds. The van der Waals surface area contributed by atoms with Gasteiger partial charge in [0.15, 0.2) is 0 Å². The van der Waals surface area contributed by atoms with E-state index in [0.717, 1.165) is 3.93 Å². The molecule has 0 aliphatic heterocycles. The van der Waals surface area contributed by atoms with Crippen molar-refractivity contribution >= 4 is 18.4 Å². The monoisotopic (exact) mass is 342 g/mol. The fourth-order valence-corrected chi connectivity index (χ4v) is 6.20. The van der Waals surface area contributed by atoms with Crippen molar-refractivity contribution in [3.63, 3.8) is 0 Å². The second kappa shape index (κ2) is 4.43. The summed E-state index contributed by atoms with van der Waals surface area (Å²) in [5.41, 5.74) is 3.76. The first-order valence-electron chi connectivity index (χ1n) is 6.78. The minimum atomic E-state index is -1.86. The second-order valence-corrected chi connectivity index (χ2v) is 24.0. The summed E-state index contributed by atoms with van der Waals surface area (Å²) in [5.74, 6) is 0. The van der Waals surface area contributed by atoms with Gasteiger partial charge in [-0.3, -0.25) is 0 Å². The van der Waals surface area contributed by atoms with Crippen LogP contribution in [0.4, 0.5) is 0 Å². The summed E-state index contributed by atoms with van der Waals surface area (Å²) in [6.45, 7) is 14.1. The number of hydrogen-bond acceptors (Lipinski definition) is 0. The molecular formula is C16H30Sn. The van der Waals surface area contributed by atoms with Crippen LogP contribution >= 0.6 is 0 Å². The van der Waals surface area contributed by atoms with Gasteiger partial charge in [-0.15, -0.1) is 0 Å². The van der Waals surface area contributed by atoms with Gasteiger partial charge in [-0.25, -0.2) is 0 Å². The third-order valence-corrected chi connectivity index (χ3v) is 10.3. The Kier molecular flexibility index (Phi) is 4.00. The van der Waals surface area contributed by atoms with Gasteiger partial charge in [0, 0.05) is 0 Å². The van der Waals surface area contributed by atoms with Gasteiger partial charge in [-0.1, -0.05) is 0 Å². The first-order valence-corrected chi connectivity index (χ1v) is 17.0. The SMILES string of the molecule is CC(C)(C)C1=C[CH]([Sn]([CH3])([CH3])[CH3])C=C1C(C)(C)C. The average Bonchev–Trinajstić information content (AvgIpc) is 2.42. The van der Waals surface area contributed by atoms with E-state index >= 15 is 0 Å². The van der Waals surface area contributed by atoms with E-state index < -0.39 is 18.4 Å². The Balaban J connectivity index is 3.24. The van der Waals surface area contributed by atoms with Gasteiger partial charge in [0.2, 0.25) is 0 Å². The average molecular weight is 341 g/mol. The van der Waals surface area contributed by atoms with Crippen LogP contribution in [-0.4, -0.2) is 18.4 Å². The van der Waals surface area contributed by atoms with Crippen LogP contribution in [0.1, 0.15) is 41.5 Å². The fraction of sp³-hybridized carbons (Fsp3) is 0.750. The van der Waals surface area contributed by atoms with Gasteiger partial charge < -0.3 is 0 Å². The number of hydrogen-bond donors (Lipinski definition) is 0. The Hall–Kier alpha value is 0.279. The van der Waals surface area contributed by atoms with Crippen LogP contribution in [0, 0.1) is 10.8 Å². The third kappa shape index (κ3) is 3.62. The Morgan fingerprint density at radius 1 is 0.765 bits per heavy atom. The molecule has 0 fully saturated rings. The molecule has 0 heterocycles. The first kappa shape index (κ1) is 15.3. The van der Waals surface area contributed by atoms with E-state index in [0.29, 0.717) is 0 Å². The topological polar surface area (TPSA) is 0 Å². The van der Waals surface area contributed by atoms with Crippen LogP contribution in [0.15, 0.2) is 23.3 Å². The van der Waals surface area contributed by atoms with Crippen LogP contribution in [0.3, 0.4) is 0 Å². The molecule has 0 atom stereocenters. The van der Waals surface area contributed by atoms with Gasteiger partial charge in [-0.2, -0.15) is 0 Å². The summed E-state index contributed by atoms with van der Waals surface area (Å²) in [4.78, 5) is 7.62. The quantitative estimate of drug-likeness (QED) is 0.541. The summed E-state index contributed by atoms with van der Waals surface area (Å²) >= 11 is -1.86. The van der Waals surface area contributed by atoms with Gasteiger partial charge in [0.05, 0.1) is 0 Å². The predicted molar refractivity (Wildman–Crippen MR) is 82.2 cm³/mol. The molecule has 0 aromatic rings. The number of rotatable bonds is 1. The van der Waals surface area contributed by atoms with E-state index in [4.69, 9.17) is 0 Å². The van der Waals surface area contributed by atoms with Crippen molar-refractivity contribution in [1.82, 2.24) is 0 Å². The van der Waals surface area contributed by atoms with E-state index in [1.807, 2.05) is 0 Å². The van der Waals surface area contributed by atoms with Crippen LogP contribution < -0.4 is 0 Å². The Morgan fingerprint density at radius 2 is 1.06 bits per heavy atom. The van der Waals surface area contributed by atoms with E-state index in [1.165, 1.54) is 0 Å². The molecule has 0 aromatic heterocycles. The molecule has 1 aliphatic carbocycles. The molecule has 0 N–H and O–H groups in total. The molecule has 1 rings (SSSR count). The molecule has 1 aliphatic rings. The van der Waals surface area contributed by atoms with Gasteiger partial charge in [-0.05, 0) is 0 Å². The maximum absolute atomic E-state index is 2.59. The molecule has 17 heavy (non-hydrogen) atoms. The summed E-state index contributed by atoms with van der Waals surface area (Å²) < 4.78 is 0.785.